The van der Waals surface area contributed by atoms with Gasteiger partial charge in [0.2, 0.25) is 0 Å². The number of methoxy groups -OCH3 is 1. The Morgan fingerprint density at radius 2 is 2.18 bits per heavy atom. The zero-order chi connectivity index (χ0) is 13.0. The van der Waals surface area contributed by atoms with Gasteiger partial charge in [-0.3, -0.25) is 4.79 Å². The van der Waals surface area contributed by atoms with Crippen LogP contribution in [0.15, 0.2) is 22.7 Å². The van der Waals surface area contributed by atoms with E-state index in [1.807, 2.05) is 6.92 Å². The molecule has 0 heterocycles. The highest BCUT2D eigenvalue weighted by Gasteiger charge is 2.11. The molecule has 0 fully saturated rings. The molecule has 92 valence electrons. The molecule has 1 rings (SSSR count). The first-order valence-electron chi connectivity index (χ1n) is 5.27. The SMILES string of the molecule is CC/C(=C/C(C)=O)c1cc(Br)c(OC)cc1O. The van der Waals surface area contributed by atoms with Crippen LogP contribution in [-0.2, 0) is 4.79 Å². The van der Waals surface area contributed by atoms with E-state index in [2.05, 4.69) is 15.9 Å². The molecule has 0 unspecified atom stereocenters. The van der Waals surface area contributed by atoms with Crippen molar-refractivity contribution in [3.63, 3.8) is 0 Å². The van der Waals surface area contributed by atoms with Crippen LogP contribution in [0.1, 0.15) is 25.8 Å². The fourth-order valence-corrected chi connectivity index (χ4v) is 2.08. The molecular formula is C13H15BrO3. The van der Waals surface area contributed by atoms with Crippen LogP contribution >= 0.6 is 15.9 Å². The molecule has 0 aliphatic rings. The quantitative estimate of drug-likeness (QED) is 0.865. The zero-order valence-electron chi connectivity index (χ0n) is 10.1. The number of halogens is 1. The van der Waals surface area contributed by atoms with Gasteiger partial charge in [0.05, 0.1) is 11.6 Å². The third-order valence-electron chi connectivity index (χ3n) is 2.37. The van der Waals surface area contributed by atoms with Crippen LogP contribution in [0.2, 0.25) is 0 Å². The average molecular weight is 299 g/mol. The molecule has 0 aromatic heterocycles. The molecule has 1 aromatic rings. The minimum atomic E-state index is -0.0341. The Bertz CT molecular complexity index is 464. The van der Waals surface area contributed by atoms with E-state index in [9.17, 15) is 9.90 Å². The number of aromatic hydroxyl groups is 1. The molecule has 1 aromatic carbocycles. The van der Waals surface area contributed by atoms with Crippen molar-refractivity contribution in [1.82, 2.24) is 0 Å². The molecule has 1 N–H and O–H groups in total. The second-order valence-electron chi connectivity index (χ2n) is 3.64. The smallest absolute Gasteiger partial charge is 0.152 e. The number of rotatable bonds is 4. The lowest BCUT2D eigenvalue weighted by molar-refractivity contribution is -0.112. The number of carbonyl (C=O) groups excluding carboxylic acids is 1. The molecule has 0 atom stereocenters. The lowest BCUT2D eigenvalue weighted by atomic mass is 10.0. The summed E-state index contributed by atoms with van der Waals surface area (Å²) in [6.07, 6.45) is 2.21. The van der Waals surface area contributed by atoms with Gasteiger partial charge in [0.15, 0.2) is 5.78 Å². The maximum Gasteiger partial charge on any atom is 0.152 e. The van der Waals surface area contributed by atoms with Crippen molar-refractivity contribution in [3.8, 4) is 11.5 Å². The van der Waals surface area contributed by atoms with Gasteiger partial charge in [-0.2, -0.15) is 0 Å². The molecule has 4 heteroatoms. The summed E-state index contributed by atoms with van der Waals surface area (Å²) in [5.74, 6) is 0.636. The molecule has 0 saturated carbocycles. The molecule has 0 bridgehead atoms. The molecule has 0 aliphatic heterocycles. The minimum absolute atomic E-state index is 0.0341. The first kappa shape index (κ1) is 13.8. The van der Waals surface area contributed by atoms with Crippen molar-refractivity contribution in [2.24, 2.45) is 0 Å². The van der Waals surface area contributed by atoms with Crippen LogP contribution in [-0.4, -0.2) is 18.0 Å². The fourth-order valence-electron chi connectivity index (χ4n) is 1.57. The van der Waals surface area contributed by atoms with Gasteiger partial charge in [0, 0.05) is 11.6 Å². The summed E-state index contributed by atoms with van der Waals surface area (Å²) in [5.41, 5.74) is 1.45. The molecule has 3 nitrogen and oxygen atoms in total. The Labute approximate surface area is 109 Å². The summed E-state index contributed by atoms with van der Waals surface area (Å²) >= 11 is 3.36. The molecule has 0 saturated heterocycles. The lowest BCUT2D eigenvalue weighted by Crippen LogP contribution is -1.92. The van der Waals surface area contributed by atoms with Crippen molar-refractivity contribution in [1.29, 1.82) is 0 Å². The summed E-state index contributed by atoms with van der Waals surface area (Å²) in [5, 5.41) is 9.91. The number of carbonyl (C=O) groups is 1. The van der Waals surface area contributed by atoms with Crippen molar-refractivity contribution in [2.75, 3.05) is 7.11 Å². The molecule has 0 amide bonds. The number of phenols is 1. The van der Waals surface area contributed by atoms with E-state index in [1.54, 1.807) is 6.07 Å². The van der Waals surface area contributed by atoms with E-state index in [1.165, 1.54) is 26.2 Å². The van der Waals surface area contributed by atoms with E-state index >= 15 is 0 Å². The summed E-state index contributed by atoms with van der Waals surface area (Å²) in [7, 11) is 1.53. The number of hydrogen-bond donors (Lipinski definition) is 1. The van der Waals surface area contributed by atoms with Crippen LogP contribution < -0.4 is 4.74 Å². The van der Waals surface area contributed by atoms with Crippen molar-refractivity contribution >= 4 is 27.3 Å². The summed E-state index contributed by atoms with van der Waals surface area (Å²) in [6.45, 7) is 3.43. The number of hydrogen-bond acceptors (Lipinski definition) is 3. The number of phenolic OH excluding ortho intramolecular Hbond substituents is 1. The lowest BCUT2D eigenvalue weighted by Gasteiger charge is -2.11. The predicted octanol–water partition coefficient (Wildman–Crippen LogP) is 3.55. The van der Waals surface area contributed by atoms with E-state index < -0.39 is 0 Å². The predicted molar refractivity (Wildman–Crippen MR) is 71.3 cm³/mol. The normalized spacial score (nSPS) is 11.4. The van der Waals surface area contributed by atoms with Crippen molar-refractivity contribution < 1.29 is 14.6 Å². The Hall–Kier alpha value is -1.29. The van der Waals surface area contributed by atoms with Crippen LogP contribution in [0.4, 0.5) is 0 Å². The number of ketones is 1. The topological polar surface area (TPSA) is 46.5 Å². The fraction of sp³-hybridized carbons (Fsp3) is 0.308. The van der Waals surface area contributed by atoms with E-state index in [4.69, 9.17) is 4.74 Å². The maximum atomic E-state index is 11.1. The largest absolute Gasteiger partial charge is 0.507 e. The highest BCUT2D eigenvalue weighted by atomic mass is 79.9. The molecule has 0 spiro atoms. The third kappa shape index (κ3) is 3.33. The zero-order valence-corrected chi connectivity index (χ0v) is 11.7. The summed E-state index contributed by atoms with van der Waals surface area (Å²) in [6, 6.07) is 3.29. The molecule has 17 heavy (non-hydrogen) atoms. The molecular weight excluding hydrogens is 284 g/mol. The van der Waals surface area contributed by atoms with Crippen LogP contribution in [0.25, 0.3) is 5.57 Å². The molecule has 0 aliphatic carbocycles. The Morgan fingerprint density at radius 3 is 2.65 bits per heavy atom. The van der Waals surface area contributed by atoms with Gasteiger partial charge < -0.3 is 9.84 Å². The Balaban J connectivity index is 3.31. The number of ether oxygens (including phenoxy) is 1. The minimum Gasteiger partial charge on any atom is -0.507 e. The van der Waals surface area contributed by atoms with Gasteiger partial charge in [-0.25, -0.2) is 0 Å². The van der Waals surface area contributed by atoms with Crippen molar-refractivity contribution in [3.05, 3.63) is 28.2 Å². The van der Waals surface area contributed by atoms with E-state index in [0.29, 0.717) is 17.7 Å². The molecule has 0 radical (unpaired) electrons. The van der Waals surface area contributed by atoms with Gasteiger partial charge in [0.1, 0.15) is 11.5 Å². The van der Waals surface area contributed by atoms with E-state index in [-0.39, 0.29) is 11.5 Å². The van der Waals surface area contributed by atoms with Crippen LogP contribution in [0.5, 0.6) is 11.5 Å². The second kappa shape index (κ2) is 5.87. The standard InChI is InChI=1S/C13H15BrO3/c1-4-9(5-8(2)15)10-6-11(14)13(17-3)7-12(10)16/h5-7,16H,4H2,1-3H3/b9-5-. The highest BCUT2D eigenvalue weighted by Crippen LogP contribution is 2.36. The van der Waals surface area contributed by atoms with Gasteiger partial charge in [0.25, 0.3) is 0 Å². The van der Waals surface area contributed by atoms with Crippen LogP contribution in [0, 0.1) is 0 Å². The summed E-state index contributed by atoms with van der Waals surface area (Å²) in [4.78, 5) is 11.1. The Kier molecular flexibility index (Phi) is 4.75. The summed E-state index contributed by atoms with van der Waals surface area (Å²) < 4.78 is 5.83. The van der Waals surface area contributed by atoms with Crippen LogP contribution in [0.3, 0.4) is 0 Å². The monoisotopic (exact) mass is 298 g/mol. The third-order valence-corrected chi connectivity index (χ3v) is 2.99. The average Bonchev–Trinajstić information content (AvgIpc) is 2.28. The van der Waals surface area contributed by atoms with Crippen molar-refractivity contribution in [2.45, 2.75) is 20.3 Å². The first-order chi connectivity index (χ1) is 7.99. The Morgan fingerprint density at radius 1 is 1.53 bits per heavy atom. The van der Waals surface area contributed by atoms with Gasteiger partial charge in [-0.15, -0.1) is 0 Å². The van der Waals surface area contributed by atoms with E-state index in [0.717, 1.165) is 10.0 Å². The second-order valence-corrected chi connectivity index (χ2v) is 4.49. The highest BCUT2D eigenvalue weighted by molar-refractivity contribution is 9.10. The number of benzene rings is 1. The maximum absolute atomic E-state index is 11.1. The van der Waals surface area contributed by atoms with Gasteiger partial charge in [-0.1, -0.05) is 6.92 Å². The van der Waals surface area contributed by atoms with Gasteiger partial charge in [-0.05, 0) is 47.0 Å². The first-order valence-corrected chi connectivity index (χ1v) is 6.06. The number of allylic oxidation sites excluding steroid dienone is 2. The van der Waals surface area contributed by atoms with Gasteiger partial charge >= 0.3 is 0 Å².